The van der Waals surface area contributed by atoms with Gasteiger partial charge in [-0.25, -0.2) is 0 Å². The first-order valence-electron chi connectivity index (χ1n) is 9.92. The SMILES string of the molecule is CC(C)Sc1ccc(CC(=O)N2CC(N3CCc4ccccc4C3)C2)cc1. The molecule has 27 heavy (non-hydrogen) atoms. The van der Waals surface area contributed by atoms with Gasteiger partial charge in [0, 0.05) is 42.4 Å². The number of carbonyl (C=O) groups excluding carboxylic acids is 1. The van der Waals surface area contributed by atoms with E-state index in [0.29, 0.717) is 17.7 Å². The number of thioether (sulfide) groups is 1. The van der Waals surface area contributed by atoms with Crippen LogP contribution in [0.25, 0.3) is 0 Å². The maximum atomic E-state index is 12.6. The van der Waals surface area contributed by atoms with Gasteiger partial charge in [0.15, 0.2) is 0 Å². The summed E-state index contributed by atoms with van der Waals surface area (Å²) in [5.74, 6) is 0.257. The highest BCUT2D eigenvalue weighted by Crippen LogP contribution is 2.26. The molecule has 0 aromatic heterocycles. The number of carbonyl (C=O) groups is 1. The van der Waals surface area contributed by atoms with Crippen molar-refractivity contribution in [1.82, 2.24) is 9.80 Å². The van der Waals surface area contributed by atoms with Crippen LogP contribution in [-0.2, 0) is 24.2 Å². The Morgan fingerprint density at radius 2 is 1.78 bits per heavy atom. The van der Waals surface area contributed by atoms with Crippen LogP contribution < -0.4 is 0 Å². The molecule has 2 aromatic carbocycles. The largest absolute Gasteiger partial charge is 0.339 e. The highest BCUT2D eigenvalue weighted by atomic mass is 32.2. The molecule has 0 bridgehead atoms. The number of fused-ring (bicyclic) bond motifs is 1. The Balaban J connectivity index is 1.26. The van der Waals surface area contributed by atoms with Crippen LogP contribution in [-0.4, -0.2) is 46.6 Å². The summed E-state index contributed by atoms with van der Waals surface area (Å²) in [5.41, 5.74) is 4.05. The third-order valence-corrected chi connectivity index (χ3v) is 6.56. The van der Waals surface area contributed by atoms with Gasteiger partial charge in [-0.3, -0.25) is 9.69 Å². The molecule has 2 aliphatic heterocycles. The average molecular weight is 381 g/mol. The van der Waals surface area contributed by atoms with E-state index in [1.807, 2.05) is 16.7 Å². The smallest absolute Gasteiger partial charge is 0.227 e. The number of amides is 1. The number of rotatable bonds is 5. The van der Waals surface area contributed by atoms with Gasteiger partial charge in [-0.1, -0.05) is 50.2 Å². The highest BCUT2D eigenvalue weighted by molar-refractivity contribution is 7.99. The molecule has 0 radical (unpaired) electrons. The average Bonchev–Trinajstić information content (AvgIpc) is 2.61. The Labute approximate surface area is 166 Å². The summed E-state index contributed by atoms with van der Waals surface area (Å²) < 4.78 is 0. The van der Waals surface area contributed by atoms with Crippen molar-refractivity contribution in [1.29, 1.82) is 0 Å². The van der Waals surface area contributed by atoms with Crippen LogP contribution in [0.5, 0.6) is 0 Å². The first-order chi connectivity index (χ1) is 13.1. The van der Waals surface area contributed by atoms with Gasteiger partial charge in [0.1, 0.15) is 0 Å². The highest BCUT2D eigenvalue weighted by Gasteiger charge is 2.35. The fourth-order valence-electron chi connectivity index (χ4n) is 3.96. The molecule has 1 amide bonds. The summed E-state index contributed by atoms with van der Waals surface area (Å²) in [6.07, 6.45) is 1.64. The Hall–Kier alpha value is -1.78. The predicted octanol–water partition coefficient (Wildman–Crippen LogP) is 4.00. The summed E-state index contributed by atoms with van der Waals surface area (Å²) in [7, 11) is 0. The molecule has 1 saturated heterocycles. The van der Waals surface area contributed by atoms with Crippen LogP contribution in [0.4, 0.5) is 0 Å². The molecule has 3 nitrogen and oxygen atoms in total. The number of likely N-dealkylation sites (tertiary alicyclic amines) is 1. The quantitative estimate of drug-likeness (QED) is 0.733. The van der Waals surface area contributed by atoms with E-state index in [1.54, 1.807) is 0 Å². The molecule has 0 saturated carbocycles. The van der Waals surface area contributed by atoms with Gasteiger partial charge in [-0.15, -0.1) is 11.8 Å². The maximum Gasteiger partial charge on any atom is 0.227 e. The molecule has 2 aliphatic rings. The van der Waals surface area contributed by atoms with Crippen LogP contribution in [0, 0.1) is 0 Å². The van der Waals surface area contributed by atoms with Crippen molar-refractivity contribution >= 4 is 17.7 Å². The van der Waals surface area contributed by atoms with Crippen molar-refractivity contribution in [2.45, 2.75) is 49.4 Å². The topological polar surface area (TPSA) is 23.6 Å². The standard InChI is InChI=1S/C23H28N2OS/c1-17(2)27-22-9-7-18(8-10-22)13-23(26)25-15-21(16-25)24-12-11-19-5-3-4-6-20(19)14-24/h3-10,17,21H,11-16H2,1-2H3. The molecule has 4 rings (SSSR count). The van der Waals surface area contributed by atoms with E-state index in [0.717, 1.165) is 38.2 Å². The van der Waals surface area contributed by atoms with E-state index in [4.69, 9.17) is 0 Å². The molecule has 0 unspecified atom stereocenters. The molecule has 2 heterocycles. The molecule has 0 N–H and O–H groups in total. The monoisotopic (exact) mass is 380 g/mol. The van der Waals surface area contributed by atoms with Gasteiger partial charge >= 0.3 is 0 Å². The minimum Gasteiger partial charge on any atom is -0.339 e. The van der Waals surface area contributed by atoms with Gasteiger partial charge in [0.05, 0.1) is 6.42 Å². The second-order valence-electron chi connectivity index (χ2n) is 7.93. The molecular weight excluding hydrogens is 352 g/mol. The van der Waals surface area contributed by atoms with Crippen molar-refractivity contribution < 1.29 is 4.79 Å². The summed E-state index contributed by atoms with van der Waals surface area (Å²) in [4.78, 5) is 18.4. The van der Waals surface area contributed by atoms with E-state index in [-0.39, 0.29) is 5.91 Å². The van der Waals surface area contributed by atoms with Crippen LogP contribution >= 0.6 is 11.8 Å². The lowest BCUT2D eigenvalue weighted by Crippen LogP contribution is -2.61. The molecule has 4 heteroatoms. The molecule has 1 fully saturated rings. The van der Waals surface area contributed by atoms with E-state index in [1.165, 1.54) is 16.0 Å². The second kappa shape index (κ2) is 8.07. The van der Waals surface area contributed by atoms with Crippen molar-refractivity contribution in [3.05, 3.63) is 65.2 Å². The Bertz CT molecular complexity index is 796. The Morgan fingerprint density at radius 3 is 2.48 bits per heavy atom. The molecular formula is C23H28N2OS. The minimum atomic E-state index is 0.257. The van der Waals surface area contributed by atoms with E-state index in [9.17, 15) is 4.79 Å². The zero-order valence-electron chi connectivity index (χ0n) is 16.2. The van der Waals surface area contributed by atoms with Gasteiger partial charge in [0.25, 0.3) is 0 Å². The summed E-state index contributed by atoms with van der Waals surface area (Å²) >= 11 is 1.86. The predicted molar refractivity (Wildman–Crippen MR) is 112 cm³/mol. The number of hydrogen-bond donors (Lipinski definition) is 0. The van der Waals surface area contributed by atoms with E-state index >= 15 is 0 Å². The van der Waals surface area contributed by atoms with Crippen molar-refractivity contribution in [3.8, 4) is 0 Å². The fraction of sp³-hybridized carbons (Fsp3) is 0.435. The van der Waals surface area contributed by atoms with Crippen LogP contribution in [0.15, 0.2) is 53.4 Å². The first-order valence-corrected chi connectivity index (χ1v) is 10.8. The Kier molecular flexibility index (Phi) is 5.55. The molecule has 2 aromatic rings. The normalized spacial score (nSPS) is 17.7. The molecule has 0 spiro atoms. The van der Waals surface area contributed by atoms with Crippen LogP contribution in [0.2, 0.25) is 0 Å². The van der Waals surface area contributed by atoms with E-state index in [2.05, 4.69) is 67.3 Å². The number of nitrogens with zero attached hydrogens (tertiary/aromatic N) is 2. The summed E-state index contributed by atoms with van der Waals surface area (Å²) in [6, 6.07) is 17.7. The third kappa shape index (κ3) is 4.39. The van der Waals surface area contributed by atoms with Gasteiger partial charge < -0.3 is 4.90 Å². The van der Waals surface area contributed by atoms with E-state index < -0.39 is 0 Å². The fourth-order valence-corrected chi connectivity index (χ4v) is 4.80. The lowest BCUT2D eigenvalue weighted by atomic mass is 9.96. The summed E-state index contributed by atoms with van der Waals surface area (Å²) in [6.45, 7) is 8.29. The molecule has 0 atom stereocenters. The summed E-state index contributed by atoms with van der Waals surface area (Å²) in [5, 5.41) is 0.581. The van der Waals surface area contributed by atoms with Crippen molar-refractivity contribution in [2.24, 2.45) is 0 Å². The molecule has 142 valence electrons. The lowest BCUT2D eigenvalue weighted by Gasteiger charge is -2.47. The lowest BCUT2D eigenvalue weighted by molar-refractivity contribution is -0.138. The van der Waals surface area contributed by atoms with Crippen LogP contribution in [0.3, 0.4) is 0 Å². The van der Waals surface area contributed by atoms with Gasteiger partial charge in [-0.2, -0.15) is 0 Å². The zero-order valence-corrected chi connectivity index (χ0v) is 17.0. The van der Waals surface area contributed by atoms with Gasteiger partial charge in [-0.05, 0) is 35.2 Å². The van der Waals surface area contributed by atoms with Crippen LogP contribution in [0.1, 0.15) is 30.5 Å². The maximum absolute atomic E-state index is 12.6. The van der Waals surface area contributed by atoms with Crippen molar-refractivity contribution in [3.63, 3.8) is 0 Å². The first kappa shape index (κ1) is 18.6. The second-order valence-corrected chi connectivity index (χ2v) is 9.58. The minimum absolute atomic E-state index is 0.257. The third-order valence-electron chi connectivity index (χ3n) is 5.54. The van der Waals surface area contributed by atoms with Gasteiger partial charge in [0.2, 0.25) is 5.91 Å². The zero-order chi connectivity index (χ0) is 18.8. The number of hydrogen-bond acceptors (Lipinski definition) is 3. The Morgan fingerprint density at radius 1 is 1.07 bits per heavy atom. The van der Waals surface area contributed by atoms with Crippen molar-refractivity contribution in [2.75, 3.05) is 19.6 Å². The molecule has 0 aliphatic carbocycles. The number of benzene rings is 2.